The number of anilines is 1. The van der Waals surface area contributed by atoms with Crippen LogP contribution in [0.15, 0.2) is 53.4 Å². The maximum Gasteiger partial charge on any atom is 0.316 e. The van der Waals surface area contributed by atoms with Crippen LogP contribution in [0, 0.1) is 0 Å². The number of hydrogen-bond acceptors (Lipinski definition) is 5. The van der Waals surface area contributed by atoms with Crippen molar-refractivity contribution in [2.45, 2.75) is 36.5 Å². The fourth-order valence-corrected chi connectivity index (χ4v) is 3.02. The number of amides is 1. The summed E-state index contributed by atoms with van der Waals surface area (Å²) in [6, 6.07) is 13.7. The first-order valence-electron chi connectivity index (χ1n) is 8.41. The molecule has 6 nitrogen and oxygen atoms in total. The minimum absolute atomic E-state index is 0.158. The normalized spacial score (nSPS) is 12.3. The van der Waals surface area contributed by atoms with Gasteiger partial charge in [0.05, 0.1) is 11.2 Å². The zero-order chi connectivity index (χ0) is 20.0. The summed E-state index contributed by atoms with van der Waals surface area (Å²) in [5, 5.41) is 20.9. The molecule has 1 unspecified atom stereocenters. The summed E-state index contributed by atoms with van der Waals surface area (Å²) in [6.07, 6.45) is 0. The van der Waals surface area contributed by atoms with Gasteiger partial charge in [-0.3, -0.25) is 9.59 Å². The highest BCUT2D eigenvalue weighted by Crippen LogP contribution is 2.28. The average Bonchev–Trinajstić information content (AvgIpc) is 2.60. The summed E-state index contributed by atoms with van der Waals surface area (Å²) in [6.45, 7) is 5.05. The van der Waals surface area contributed by atoms with Gasteiger partial charge in [-0.15, -0.1) is 11.8 Å². The molecular weight excluding hydrogens is 366 g/mol. The van der Waals surface area contributed by atoms with Crippen molar-refractivity contribution >= 4 is 29.3 Å². The lowest BCUT2D eigenvalue weighted by atomic mass is 10.2. The van der Waals surface area contributed by atoms with Gasteiger partial charge >= 0.3 is 5.97 Å². The Bertz CT molecular complexity index is 799. The van der Waals surface area contributed by atoms with Gasteiger partial charge in [0.1, 0.15) is 17.6 Å². The van der Waals surface area contributed by atoms with Gasteiger partial charge in [0, 0.05) is 10.6 Å². The number of carbonyl (C=O) groups is 2. The van der Waals surface area contributed by atoms with Gasteiger partial charge in [-0.2, -0.15) is 0 Å². The molecule has 0 radical (unpaired) electrons. The van der Waals surface area contributed by atoms with Crippen LogP contribution in [0.3, 0.4) is 0 Å². The van der Waals surface area contributed by atoms with E-state index in [4.69, 9.17) is 9.84 Å². The summed E-state index contributed by atoms with van der Waals surface area (Å²) in [5.41, 5.74) is 0.0705. The number of hydrogen-bond donors (Lipinski definition) is 3. The zero-order valence-corrected chi connectivity index (χ0v) is 16.2. The first kappa shape index (κ1) is 20.8. The Hall–Kier alpha value is -2.51. The van der Waals surface area contributed by atoms with Gasteiger partial charge in [0.15, 0.2) is 0 Å². The Labute approximate surface area is 162 Å². The lowest BCUT2D eigenvalue weighted by Gasteiger charge is -2.18. The Morgan fingerprint density at radius 1 is 1.15 bits per heavy atom. The molecule has 0 aliphatic heterocycles. The second-order valence-corrected chi connectivity index (χ2v) is 8.06. The second kappa shape index (κ2) is 8.92. The van der Waals surface area contributed by atoms with Crippen LogP contribution >= 0.6 is 11.8 Å². The molecule has 2 rings (SSSR count). The van der Waals surface area contributed by atoms with Gasteiger partial charge < -0.3 is 20.3 Å². The number of carboxylic acid groups (broad SMARTS) is 1. The van der Waals surface area contributed by atoms with Crippen molar-refractivity contribution in [1.29, 1.82) is 0 Å². The summed E-state index contributed by atoms with van der Waals surface area (Å²) in [4.78, 5) is 24.3. The van der Waals surface area contributed by atoms with Crippen molar-refractivity contribution in [3.8, 4) is 5.75 Å². The molecule has 2 aromatic rings. The summed E-state index contributed by atoms with van der Waals surface area (Å²) < 4.78 is 5.48. The molecule has 1 amide bonds. The number of carboxylic acids is 1. The van der Waals surface area contributed by atoms with Gasteiger partial charge in [0.25, 0.3) is 5.91 Å². The Morgan fingerprint density at radius 3 is 2.37 bits per heavy atom. The molecule has 0 aromatic heterocycles. The number of rotatable bonds is 8. The molecule has 3 N–H and O–H groups in total. The minimum Gasteiger partial charge on any atom is -0.491 e. The monoisotopic (exact) mass is 389 g/mol. The van der Waals surface area contributed by atoms with E-state index in [1.807, 2.05) is 0 Å². The summed E-state index contributed by atoms with van der Waals surface area (Å²) in [5.74, 6) is -0.668. The predicted octanol–water partition coefficient (Wildman–Crippen LogP) is 3.65. The van der Waals surface area contributed by atoms with Crippen molar-refractivity contribution in [2.24, 2.45) is 0 Å². The van der Waals surface area contributed by atoms with Crippen molar-refractivity contribution in [1.82, 2.24) is 0 Å². The standard InChI is InChI=1S/C20H23NO5S/c1-13(19(23)24)27-17-7-5-4-6-16(17)18(22)21-14-8-10-15(11-9-14)26-12-20(2,3)25/h4-11,13,25H,12H2,1-3H3,(H,21,22)(H,23,24). The fourth-order valence-electron chi connectivity index (χ4n) is 2.09. The van der Waals surface area contributed by atoms with Gasteiger partial charge in [-0.1, -0.05) is 12.1 Å². The van der Waals surface area contributed by atoms with Crippen LogP contribution in [-0.2, 0) is 4.79 Å². The molecular formula is C20H23NO5S. The second-order valence-electron chi connectivity index (χ2n) is 6.67. The quantitative estimate of drug-likeness (QED) is 0.597. The van der Waals surface area contributed by atoms with Gasteiger partial charge in [0.2, 0.25) is 0 Å². The molecule has 0 fully saturated rings. The number of benzene rings is 2. The molecule has 144 valence electrons. The molecule has 7 heteroatoms. The molecule has 0 aliphatic rings. The number of aliphatic hydroxyl groups is 1. The van der Waals surface area contributed by atoms with Crippen LogP contribution in [0.5, 0.6) is 5.75 Å². The Balaban J connectivity index is 2.06. The van der Waals surface area contributed by atoms with Crippen molar-refractivity contribution in [2.75, 3.05) is 11.9 Å². The number of thioether (sulfide) groups is 1. The van der Waals surface area contributed by atoms with Crippen molar-refractivity contribution in [3.05, 3.63) is 54.1 Å². The van der Waals surface area contributed by atoms with E-state index < -0.39 is 16.8 Å². The molecule has 2 aromatic carbocycles. The van der Waals surface area contributed by atoms with E-state index in [1.54, 1.807) is 69.3 Å². The van der Waals surface area contributed by atoms with E-state index in [2.05, 4.69) is 5.32 Å². The van der Waals surface area contributed by atoms with E-state index in [1.165, 1.54) is 0 Å². The minimum atomic E-state index is -0.933. The maximum absolute atomic E-state index is 12.6. The van der Waals surface area contributed by atoms with Crippen LogP contribution in [0.25, 0.3) is 0 Å². The zero-order valence-electron chi connectivity index (χ0n) is 15.4. The molecule has 27 heavy (non-hydrogen) atoms. The van der Waals surface area contributed by atoms with Crippen LogP contribution in [0.2, 0.25) is 0 Å². The van der Waals surface area contributed by atoms with Gasteiger partial charge in [-0.05, 0) is 57.2 Å². The molecule has 1 atom stereocenters. The highest BCUT2D eigenvalue weighted by molar-refractivity contribution is 8.00. The number of nitrogens with one attached hydrogen (secondary N) is 1. The van der Waals surface area contributed by atoms with E-state index in [0.29, 0.717) is 21.9 Å². The lowest BCUT2D eigenvalue weighted by molar-refractivity contribution is -0.136. The summed E-state index contributed by atoms with van der Waals surface area (Å²) >= 11 is 1.12. The highest BCUT2D eigenvalue weighted by atomic mass is 32.2. The third-order valence-corrected chi connectivity index (χ3v) is 4.65. The van der Waals surface area contributed by atoms with E-state index in [0.717, 1.165) is 11.8 Å². The smallest absolute Gasteiger partial charge is 0.316 e. The molecule has 0 bridgehead atoms. The largest absolute Gasteiger partial charge is 0.491 e. The maximum atomic E-state index is 12.6. The Morgan fingerprint density at radius 2 is 1.78 bits per heavy atom. The number of carbonyl (C=O) groups excluding carboxylic acids is 1. The first-order chi connectivity index (χ1) is 12.7. The first-order valence-corrected chi connectivity index (χ1v) is 9.29. The SMILES string of the molecule is CC(Sc1ccccc1C(=O)Nc1ccc(OCC(C)(C)O)cc1)C(=O)O. The topological polar surface area (TPSA) is 95.9 Å². The molecule has 0 saturated carbocycles. The molecule has 0 spiro atoms. The van der Waals surface area contributed by atoms with Crippen LogP contribution in [0.1, 0.15) is 31.1 Å². The van der Waals surface area contributed by atoms with Crippen LogP contribution in [0.4, 0.5) is 5.69 Å². The lowest BCUT2D eigenvalue weighted by Crippen LogP contribution is -2.27. The third kappa shape index (κ3) is 6.62. The number of aliphatic carboxylic acids is 1. The van der Waals surface area contributed by atoms with Crippen LogP contribution < -0.4 is 10.1 Å². The van der Waals surface area contributed by atoms with Crippen LogP contribution in [-0.4, -0.2) is 39.5 Å². The van der Waals surface area contributed by atoms with Crippen molar-refractivity contribution in [3.63, 3.8) is 0 Å². The van der Waals surface area contributed by atoms with E-state index >= 15 is 0 Å². The average molecular weight is 389 g/mol. The Kier molecular flexibility index (Phi) is 6.87. The fraction of sp³-hybridized carbons (Fsp3) is 0.300. The highest BCUT2D eigenvalue weighted by Gasteiger charge is 2.18. The summed E-state index contributed by atoms with van der Waals surface area (Å²) in [7, 11) is 0. The van der Waals surface area contributed by atoms with E-state index in [9.17, 15) is 14.7 Å². The van der Waals surface area contributed by atoms with Crippen molar-refractivity contribution < 1.29 is 24.5 Å². The number of ether oxygens (including phenoxy) is 1. The molecule has 0 heterocycles. The molecule has 0 aliphatic carbocycles. The molecule has 0 saturated heterocycles. The van der Waals surface area contributed by atoms with Gasteiger partial charge in [-0.25, -0.2) is 0 Å². The predicted molar refractivity (Wildman–Crippen MR) is 106 cm³/mol. The third-order valence-electron chi connectivity index (χ3n) is 3.49. The van der Waals surface area contributed by atoms with E-state index in [-0.39, 0.29) is 12.5 Å².